The highest BCUT2D eigenvalue weighted by Gasteiger charge is 2.23. The lowest BCUT2D eigenvalue weighted by Gasteiger charge is -2.18. The van der Waals surface area contributed by atoms with Crippen molar-refractivity contribution in [3.05, 3.63) is 89.4 Å². The number of carboxylic acids is 1. The fourth-order valence-corrected chi connectivity index (χ4v) is 2.64. The molecule has 0 aliphatic heterocycles. The summed E-state index contributed by atoms with van der Waals surface area (Å²) in [5.41, 5.74) is 0.732. The van der Waals surface area contributed by atoms with Gasteiger partial charge in [-0.1, -0.05) is 60.1 Å². The number of carbonyl (C=O) groups is 1. The Kier molecular flexibility index (Phi) is 5.77. The Hall–Kier alpha value is -2.98. The van der Waals surface area contributed by atoms with Gasteiger partial charge < -0.3 is 14.6 Å². The Morgan fingerprint density at radius 3 is 2.19 bits per heavy atom. The highest BCUT2D eigenvalue weighted by molar-refractivity contribution is 6.32. The first-order valence-electron chi connectivity index (χ1n) is 8.08. The number of aliphatic carboxylic acids is 1. The lowest BCUT2D eigenvalue weighted by molar-refractivity contribution is -0.145. The maximum Gasteiger partial charge on any atom is 0.345 e. The summed E-state index contributed by atoms with van der Waals surface area (Å²) in [7, 11) is 0. The second-order valence-electron chi connectivity index (χ2n) is 5.60. The molecule has 4 nitrogen and oxygen atoms in total. The standard InChI is InChI=1S/C21H17ClO4/c22-17-11-5-7-13-19(17)26-20(21(23)24)14-15-8-4-6-12-18(15)25-16-9-2-1-3-10-16/h1-13,20H,14H2,(H,23,24)/t20-/m0/s1. The van der Waals surface area contributed by atoms with E-state index < -0.39 is 12.1 Å². The Bertz CT molecular complexity index is 880. The van der Waals surface area contributed by atoms with E-state index in [0.29, 0.717) is 22.3 Å². The third kappa shape index (κ3) is 4.55. The van der Waals surface area contributed by atoms with Gasteiger partial charge in [-0.25, -0.2) is 4.79 Å². The van der Waals surface area contributed by atoms with Crippen molar-refractivity contribution in [1.82, 2.24) is 0 Å². The molecule has 0 unspecified atom stereocenters. The molecule has 26 heavy (non-hydrogen) atoms. The van der Waals surface area contributed by atoms with Crippen LogP contribution in [0.2, 0.25) is 5.02 Å². The molecule has 0 saturated carbocycles. The number of hydrogen-bond donors (Lipinski definition) is 1. The van der Waals surface area contributed by atoms with Gasteiger partial charge in [-0.05, 0) is 35.9 Å². The van der Waals surface area contributed by atoms with Crippen LogP contribution in [0.25, 0.3) is 0 Å². The second kappa shape index (κ2) is 8.41. The smallest absolute Gasteiger partial charge is 0.345 e. The lowest BCUT2D eigenvalue weighted by Crippen LogP contribution is -2.29. The van der Waals surface area contributed by atoms with Gasteiger partial charge in [0.25, 0.3) is 0 Å². The van der Waals surface area contributed by atoms with E-state index in [9.17, 15) is 9.90 Å². The predicted molar refractivity (Wildman–Crippen MR) is 100 cm³/mol. The number of para-hydroxylation sites is 3. The number of ether oxygens (including phenoxy) is 2. The molecule has 5 heteroatoms. The van der Waals surface area contributed by atoms with Crippen molar-refractivity contribution < 1.29 is 19.4 Å². The molecule has 1 N–H and O–H groups in total. The number of hydrogen-bond acceptors (Lipinski definition) is 3. The van der Waals surface area contributed by atoms with E-state index in [1.54, 1.807) is 30.3 Å². The van der Waals surface area contributed by atoms with Gasteiger partial charge in [-0.3, -0.25) is 0 Å². The van der Waals surface area contributed by atoms with Crippen LogP contribution in [0.15, 0.2) is 78.9 Å². The first-order valence-corrected chi connectivity index (χ1v) is 8.46. The third-order valence-electron chi connectivity index (χ3n) is 3.73. The molecule has 3 aromatic carbocycles. The van der Waals surface area contributed by atoms with Crippen molar-refractivity contribution in [3.8, 4) is 17.2 Å². The van der Waals surface area contributed by atoms with Crippen LogP contribution >= 0.6 is 11.6 Å². The van der Waals surface area contributed by atoms with Crippen molar-refractivity contribution in [3.63, 3.8) is 0 Å². The summed E-state index contributed by atoms with van der Waals surface area (Å²) in [6.07, 6.45) is -0.945. The lowest BCUT2D eigenvalue weighted by atomic mass is 10.1. The molecular weight excluding hydrogens is 352 g/mol. The van der Waals surface area contributed by atoms with Crippen LogP contribution in [0.4, 0.5) is 0 Å². The minimum Gasteiger partial charge on any atom is -0.478 e. The van der Waals surface area contributed by atoms with Crippen molar-refractivity contribution in [2.45, 2.75) is 12.5 Å². The molecule has 0 radical (unpaired) electrons. The van der Waals surface area contributed by atoms with Gasteiger partial charge in [-0.2, -0.15) is 0 Å². The summed E-state index contributed by atoms with van der Waals surface area (Å²) in [6, 6.07) is 23.4. The molecular formula is C21H17ClO4. The second-order valence-corrected chi connectivity index (χ2v) is 6.01. The largest absolute Gasteiger partial charge is 0.478 e. The van der Waals surface area contributed by atoms with Crippen LogP contribution in [0.3, 0.4) is 0 Å². The van der Waals surface area contributed by atoms with Crippen LogP contribution in [-0.2, 0) is 11.2 Å². The molecule has 0 bridgehead atoms. The Morgan fingerprint density at radius 1 is 0.885 bits per heavy atom. The van der Waals surface area contributed by atoms with Gasteiger partial charge in [0.05, 0.1) is 5.02 Å². The first-order chi connectivity index (χ1) is 12.6. The molecule has 0 aliphatic carbocycles. The SMILES string of the molecule is O=C(O)[C@H](Cc1ccccc1Oc1ccccc1)Oc1ccccc1Cl. The Balaban J connectivity index is 1.81. The molecule has 0 saturated heterocycles. The van der Waals surface area contributed by atoms with Gasteiger partial charge >= 0.3 is 5.97 Å². The van der Waals surface area contributed by atoms with Gasteiger partial charge in [0.1, 0.15) is 17.2 Å². The maximum atomic E-state index is 11.7. The minimum absolute atomic E-state index is 0.142. The van der Waals surface area contributed by atoms with Crippen molar-refractivity contribution in [2.24, 2.45) is 0 Å². The van der Waals surface area contributed by atoms with Crippen LogP contribution < -0.4 is 9.47 Å². The molecule has 0 aliphatic rings. The summed E-state index contributed by atoms with van der Waals surface area (Å²) < 4.78 is 11.5. The third-order valence-corrected chi connectivity index (χ3v) is 4.04. The molecule has 1 atom stereocenters. The van der Waals surface area contributed by atoms with E-state index in [4.69, 9.17) is 21.1 Å². The van der Waals surface area contributed by atoms with Crippen molar-refractivity contribution in [1.29, 1.82) is 0 Å². The highest BCUT2D eigenvalue weighted by Crippen LogP contribution is 2.29. The molecule has 132 valence electrons. The quantitative estimate of drug-likeness (QED) is 0.622. The normalized spacial score (nSPS) is 11.6. The zero-order chi connectivity index (χ0) is 18.4. The Morgan fingerprint density at radius 2 is 1.50 bits per heavy atom. The van der Waals surface area contributed by atoms with Crippen molar-refractivity contribution in [2.75, 3.05) is 0 Å². The monoisotopic (exact) mass is 368 g/mol. The number of benzene rings is 3. The molecule has 0 amide bonds. The van der Waals surface area contributed by atoms with E-state index in [1.165, 1.54) is 0 Å². The van der Waals surface area contributed by atoms with Crippen LogP contribution in [0, 0.1) is 0 Å². The van der Waals surface area contributed by atoms with E-state index in [-0.39, 0.29) is 6.42 Å². The van der Waals surface area contributed by atoms with E-state index in [1.807, 2.05) is 48.5 Å². The zero-order valence-corrected chi connectivity index (χ0v) is 14.6. The molecule has 3 rings (SSSR count). The van der Waals surface area contributed by atoms with Gasteiger partial charge in [0.2, 0.25) is 0 Å². The highest BCUT2D eigenvalue weighted by atomic mass is 35.5. The summed E-state index contributed by atoms with van der Waals surface area (Å²) in [5.74, 6) is 0.536. The van der Waals surface area contributed by atoms with Gasteiger partial charge in [-0.15, -0.1) is 0 Å². The molecule has 3 aromatic rings. The average molecular weight is 369 g/mol. The van der Waals surface area contributed by atoms with Crippen LogP contribution in [0.1, 0.15) is 5.56 Å². The first kappa shape index (κ1) is 17.8. The number of halogens is 1. The van der Waals surface area contributed by atoms with E-state index in [0.717, 1.165) is 5.56 Å². The van der Waals surface area contributed by atoms with Crippen LogP contribution in [-0.4, -0.2) is 17.2 Å². The predicted octanol–water partition coefficient (Wildman–Crippen LogP) is 5.21. The van der Waals surface area contributed by atoms with Gasteiger partial charge in [0, 0.05) is 6.42 Å². The molecule has 0 fully saturated rings. The average Bonchev–Trinajstić information content (AvgIpc) is 2.65. The number of carboxylic acid groups (broad SMARTS) is 1. The number of rotatable bonds is 7. The fourth-order valence-electron chi connectivity index (χ4n) is 2.46. The van der Waals surface area contributed by atoms with Gasteiger partial charge in [0.15, 0.2) is 6.10 Å². The van der Waals surface area contributed by atoms with E-state index >= 15 is 0 Å². The topological polar surface area (TPSA) is 55.8 Å². The maximum absolute atomic E-state index is 11.7. The minimum atomic E-state index is -1.09. The van der Waals surface area contributed by atoms with E-state index in [2.05, 4.69) is 0 Å². The zero-order valence-electron chi connectivity index (χ0n) is 13.8. The summed E-state index contributed by atoms with van der Waals surface area (Å²) in [5, 5.41) is 9.93. The molecule has 0 heterocycles. The van der Waals surface area contributed by atoms with Crippen molar-refractivity contribution >= 4 is 17.6 Å². The van der Waals surface area contributed by atoms with Crippen LogP contribution in [0.5, 0.6) is 17.2 Å². The fraction of sp³-hybridized carbons (Fsp3) is 0.0952. The summed E-state index contributed by atoms with van der Waals surface area (Å²) in [4.78, 5) is 11.7. The molecule has 0 aromatic heterocycles. The Labute approximate surface area is 156 Å². The molecule has 0 spiro atoms. The summed E-state index contributed by atoms with van der Waals surface area (Å²) in [6.45, 7) is 0. The summed E-state index contributed by atoms with van der Waals surface area (Å²) >= 11 is 6.07.